The van der Waals surface area contributed by atoms with E-state index in [-0.39, 0.29) is 0 Å². The lowest BCUT2D eigenvalue weighted by Crippen LogP contribution is -2.21. The van der Waals surface area contributed by atoms with Gasteiger partial charge in [-0.3, -0.25) is 0 Å². The molecule has 0 aliphatic carbocycles. The van der Waals surface area contributed by atoms with Crippen molar-refractivity contribution in [2.45, 2.75) is 26.4 Å². The van der Waals surface area contributed by atoms with E-state index in [9.17, 15) is 0 Å². The second-order valence-corrected chi connectivity index (χ2v) is 5.36. The second-order valence-electron chi connectivity index (χ2n) is 4.95. The predicted molar refractivity (Wildman–Crippen MR) is 77.5 cm³/mol. The molecule has 0 aliphatic heterocycles. The molecule has 0 aliphatic rings. The zero-order valence-corrected chi connectivity index (χ0v) is 12.4. The first-order chi connectivity index (χ1) is 8.49. The van der Waals surface area contributed by atoms with Gasteiger partial charge in [-0.25, -0.2) is 0 Å². The third kappa shape index (κ3) is 5.71. The summed E-state index contributed by atoms with van der Waals surface area (Å²) < 4.78 is 5.63. The third-order valence-corrected chi connectivity index (χ3v) is 2.80. The first-order valence-electron chi connectivity index (χ1n) is 6.28. The maximum Gasteiger partial charge on any atom is 0.137 e. The molecule has 0 radical (unpaired) electrons. The van der Waals surface area contributed by atoms with Crippen molar-refractivity contribution in [2.75, 3.05) is 27.2 Å². The molecule has 18 heavy (non-hydrogen) atoms. The van der Waals surface area contributed by atoms with Crippen LogP contribution in [-0.2, 0) is 6.54 Å². The van der Waals surface area contributed by atoms with Crippen molar-refractivity contribution in [1.82, 2.24) is 10.2 Å². The molecule has 0 aromatic heterocycles. The second kappa shape index (κ2) is 7.62. The van der Waals surface area contributed by atoms with Crippen molar-refractivity contribution in [3.63, 3.8) is 0 Å². The topological polar surface area (TPSA) is 24.5 Å². The molecule has 1 aromatic carbocycles. The Hall–Kier alpha value is -0.770. The smallest absolute Gasteiger partial charge is 0.137 e. The molecule has 1 N–H and O–H groups in total. The Balaban J connectivity index is 2.51. The van der Waals surface area contributed by atoms with Gasteiger partial charge >= 0.3 is 0 Å². The molecule has 0 bridgehead atoms. The Morgan fingerprint density at radius 1 is 1.33 bits per heavy atom. The molecular formula is C14H23ClN2O. The molecule has 0 amide bonds. The lowest BCUT2D eigenvalue weighted by atomic mass is 10.2. The quantitative estimate of drug-likeness (QED) is 0.825. The van der Waals surface area contributed by atoms with E-state index < -0.39 is 0 Å². The summed E-state index contributed by atoms with van der Waals surface area (Å²) in [5, 5.41) is 4.04. The molecule has 3 nitrogen and oxygen atoms in total. The van der Waals surface area contributed by atoms with Gasteiger partial charge in [-0.15, -0.1) is 0 Å². The minimum atomic E-state index is 0.472. The van der Waals surface area contributed by atoms with Crippen LogP contribution in [0.15, 0.2) is 18.2 Å². The molecule has 1 rings (SSSR count). The summed E-state index contributed by atoms with van der Waals surface area (Å²) >= 11 is 6.19. The number of likely N-dealkylation sites (N-methyl/N-ethyl adjacent to an activating group) is 1. The van der Waals surface area contributed by atoms with Gasteiger partial charge in [-0.05, 0) is 31.8 Å². The van der Waals surface area contributed by atoms with Crippen LogP contribution in [-0.4, -0.2) is 38.2 Å². The van der Waals surface area contributed by atoms with Gasteiger partial charge in [-0.1, -0.05) is 31.5 Å². The largest absolute Gasteiger partial charge is 0.491 e. The Bertz CT molecular complexity index is 367. The SMILES string of the molecule is CC(C)NCc1ccc(OCCN(C)C)c(Cl)c1. The molecule has 0 saturated carbocycles. The Kier molecular flexibility index (Phi) is 6.47. The van der Waals surface area contributed by atoms with E-state index in [1.807, 2.05) is 32.3 Å². The molecule has 0 saturated heterocycles. The fourth-order valence-corrected chi connectivity index (χ4v) is 1.69. The van der Waals surface area contributed by atoms with Crippen LogP contribution >= 0.6 is 11.6 Å². The van der Waals surface area contributed by atoms with Gasteiger partial charge in [0.2, 0.25) is 0 Å². The highest BCUT2D eigenvalue weighted by atomic mass is 35.5. The van der Waals surface area contributed by atoms with Gasteiger partial charge in [0.05, 0.1) is 5.02 Å². The Labute approximate surface area is 115 Å². The van der Waals surface area contributed by atoms with Crippen LogP contribution in [0.2, 0.25) is 5.02 Å². The summed E-state index contributed by atoms with van der Waals surface area (Å²) in [6, 6.07) is 6.42. The maximum absolute atomic E-state index is 6.19. The monoisotopic (exact) mass is 270 g/mol. The Morgan fingerprint density at radius 3 is 2.61 bits per heavy atom. The zero-order chi connectivity index (χ0) is 13.5. The number of benzene rings is 1. The number of nitrogens with zero attached hydrogens (tertiary/aromatic N) is 1. The zero-order valence-electron chi connectivity index (χ0n) is 11.7. The highest BCUT2D eigenvalue weighted by Gasteiger charge is 2.04. The van der Waals surface area contributed by atoms with Gasteiger partial charge in [0.25, 0.3) is 0 Å². The number of rotatable bonds is 7. The first-order valence-corrected chi connectivity index (χ1v) is 6.66. The standard InChI is InChI=1S/C14H23ClN2O/c1-11(2)16-10-12-5-6-14(13(15)9-12)18-8-7-17(3)4/h5-6,9,11,16H,7-8,10H2,1-4H3. The number of ether oxygens (including phenoxy) is 1. The normalized spacial score (nSPS) is 11.3. The highest BCUT2D eigenvalue weighted by Crippen LogP contribution is 2.25. The summed E-state index contributed by atoms with van der Waals surface area (Å²) in [4.78, 5) is 2.08. The number of hydrogen-bond donors (Lipinski definition) is 1. The lowest BCUT2D eigenvalue weighted by Gasteiger charge is -2.13. The van der Waals surface area contributed by atoms with E-state index in [1.165, 1.54) is 5.56 Å². The van der Waals surface area contributed by atoms with Crippen molar-refractivity contribution in [3.05, 3.63) is 28.8 Å². The number of nitrogens with one attached hydrogen (secondary N) is 1. The summed E-state index contributed by atoms with van der Waals surface area (Å²) in [5.41, 5.74) is 1.17. The van der Waals surface area contributed by atoms with Gasteiger partial charge in [0.15, 0.2) is 0 Å². The average molecular weight is 271 g/mol. The van der Waals surface area contributed by atoms with Crippen LogP contribution in [0.3, 0.4) is 0 Å². The van der Waals surface area contributed by atoms with Crippen molar-refractivity contribution in [2.24, 2.45) is 0 Å². The van der Waals surface area contributed by atoms with Crippen molar-refractivity contribution >= 4 is 11.6 Å². The van der Waals surface area contributed by atoms with E-state index in [0.717, 1.165) is 18.8 Å². The summed E-state index contributed by atoms with van der Waals surface area (Å²) in [6.45, 7) is 6.61. The minimum absolute atomic E-state index is 0.472. The summed E-state index contributed by atoms with van der Waals surface area (Å²) in [6.07, 6.45) is 0. The van der Waals surface area contributed by atoms with E-state index in [2.05, 4.69) is 24.1 Å². The van der Waals surface area contributed by atoms with Crippen LogP contribution in [0.25, 0.3) is 0 Å². The molecule has 0 spiro atoms. The van der Waals surface area contributed by atoms with Crippen LogP contribution in [0.1, 0.15) is 19.4 Å². The van der Waals surface area contributed by atoms with Crippen LogP contribution < -0.4 is 10.1 Å². The average Bonchev–Trinajstić information content (AvgIpc) is 2.28. The van der Waals surface area contributed by atoms with Gasteiger partial charge < -0.3 is 15.0 Å². The van der Waals surface area contributed by atoms with Crippen LogP contribution in [0.5, 0.6) is 5.75 Å². The molecule has 1 aromatic rings. The fraction of sp³-hybridized carbons (Fsp3) is 0.571. The Morgan fingerprint density at radius 2 is 2.06 bits per heavy atom. The summed E-state index contributed by atoms with van der Waals surface area (Å²) in [5.74, 6) is 0.756. The van der Waals surface area contributed by atoms with Crippen LogP contribution in [0, 0.1) is 0 Å². The highest BCUT2D eigenvalue weighted by molar-refractivity contribution is 6.32. The third-order valence-electron chi connectivity index (χ3n) is 2.51. The van der Waals surface area contributed by atoms with Crippen molar-refractivity contribution < 1.29 is 4.74 Å². The molecule has 0 heterocycles. The van der Waals surface area contributed by atoms with Crippen molar-refractivity contribution in [3.8, 4) is 5.75 Å². The van der Waals surface area contributed by atoms with Gasteiger partial charge in [0.1, 0.15) is 12.4 Å². The molecule has 0 unspecified atom stereocenters. The summed E-state index contributed by atoms with van der Waals surface area (Å²) in [7, 11) is 4.04. The van der Waals surface area contributed by atoms with Gasteiger partial charge in [-0.2, -0.15) is 0 Å². The van der Waals surface area contributed by atoms with Gasteiger partial charge in [0, 0.05) is 19.1 Å². The van der Waals surface area contributed by atoms with Crippen molar-refractivity contribution in [1.29, 1.82) is 0 Å². The lowest BCUT2D eigenvalue weighted by molar-refractivity contribution is 0.261. The maximum atomic E-state index is 6.19. The van der Waals surface area contributed by atoms with E-state index in [4.69, 9.17) is 16.3 Å². The van der Waals surface area contributed by atoms with E-state index in [1.54, 1.807) is 0 Å². The van der Waals surface area contributed by atoms with E-state index >= 15 is 0 Å². The van der Waals surface area contributed by atoms with Crippen LogP contribution in [0.4, 0.5) is 0 Å². The fourth-order valence-electron chi connectivity index (χ4n) is 1.43. The van der Waals surface area contributed by atoms with E-state index in [0.29, 0.717) is 17.7 Å². The molecular weight excluding hydrogens is 248 g/mol. The predicted octanol–water partition coefficient (Wildman–Crippen LogP) is 2.78. The molecule has 102 valence electrons. The number of hydrogen-bond acceptors (Lipinski definition) is 3. The number of halogens is 1. The molecule has 0 atom stereocenters. The molecule has 4 heteroatoms. The minimum Gasteiger partial charge on any atom is -0.491 e. The first kappa shape index (κ1) is 15.3. The molecule has 0 fully saturated rings.